The summed E-state index contributed by atoms with van der Waals surface area (Å²) in [4.78, 5) is 14.1. The van der Waals surface area contributed by atoms with Crippen LogP contribution in [0.25, 0.3) is 0 Å². The van der Waals surface area contributed by atoms with Gasteiger partial charge < -0.3 is 10.5 Å². The standard InChI is InChI=1S/C8H6F3IN2O2/c9-8(10,11)16-7-5(3-15)14-2-4(1-13)6(7)12/h2-3H,1,13H2. The molecule has 1 aromatic heterocycles. The van der Waals surface area contributed by atoms with Crippen LogP contribution in [0.4, 0.5) is 13.2 Å². The largest absolute Gasteiger partial charge is 0.573 e. The smallest absolute Gasteiger partial charge is 0.402 e. The van der Waals surface area contributed by atoms with E-state index in [4.69, 9.17) is 5.73 Å². The van der Waals surface area contributed by atoms with E-state index in [1.165, 1.54) is 6.20 Å². The third-order valence-corrected chi connectivity index (χ3v) is 2.81. The average Bonchev–Trinajstić information content (AvgIpc) is 2.19. The first-order chi connectivity index (χ1) is 7.39. The van der Waals surface area contributed by atoms with Gasteiger partial charge in [0.05, 0.1) is 3.57 Å². The molecule has 0 unspecified atom stereocenters. The number of aromatic nitrogens is 1. The molecule has 0 aliphatic rings. The Morgan fingerprint density at radius 1 is 1.56 bits per heavy atom. The van der Waals surface area contributed by atoms with Crippen molar-refractivity contribution in [3.8, 4) is 5.75 Å². The predicted octanol–water partition coefficient (Wildman–Crippen LogP) is 1.86. The average molecular weight is 346 g/mol. The van der Waals surface area contributed by atoms with Gasteiger partial charge in [0.15, 0.2) is 12.0 Å². The first-order valence-corrected chi connectivity index (χ1v) is 5.05. The fourth-order valence-electron chi connectivity index (χ4n) is 0.960. The topological polar surface area (TPSA) is 65.2 Å². The molecule has 1 heterocycles. The molecule has 0 spiro atoms. The summed E-state index contributed by atoms with van der Waals surface area (Å²) in [5, 5.41) is 0. The fourth-order valence-corrected chi connectivity index (χ4v) is 1.71. The number of alkyl halides is 3. The lowest BCUT2D eigenvalue weighted by molar-refractivity contribution is -0.275. The van der Waals surface area contributed by atoms with Gasteiger partial charge >= 0.3 is 6.36 Å². The molecule has 0 saturated carbocycles. The molecule has 0 radical (unpaired) electrons. The maximum atomic E-state index is 12.1. The number of carbonyl (C=O) groups is 1. The summed E-state index contributed by atoms with van der Waals surface area (Å²) in [6, 6.07) is 0. The molecule has 0 fully saturated rings. The Morgan fingerprint density at radius 2 is 2.19 bits per heavy atom. The highest BCUT2D eigenvalue weighted by Gasteiger charge is 2.33. The van der Waals surface area contributed by atoms with Gasteiger partial charge in [0.25, 0.3) is 0 Å². The minimum atomic E-state index is -4.87. The molecule has 1 aromatic rings. The van der Waals surface area contributed by atoms with Gasteiger partial charge in [-0.25, -0.2) is 4.98 Å². The van der Waals surface area contributed by atoms with Crippen molar-refractivity contribution in [2.75, 3.05) is 0 Å². The van der Waals surface area contributed by atoms with Gasteiger partial charge in [-0.15, -0.1) is 13.2 Å². The van der Waals surface area contributed by atoms with Crippen molar-refractivity contribution >= 4 is 28.9 Å². The van der Waals surface area contributed by atoms with Crippen LogP contribution in [0.2, 0.25) is 0 Å². The van der Waals surface area contributed by atoms with Gasteiger partial charge in [0.1, 0.15) is 5.69 Å². The zero-order valence-electron chi connectivity index (χ0n) is 7.71. The van der Waals surface area contributed by atoms with Crippen LogP contribution in [0.15, 0.2) is 6.20 Å². The van der Waals surface area contributed by atoms with Crippen LogP contribution in [0.3, 0.4) is 0 Å². The van der Waals surface area contributed by atoms with E-state index < -0.39 is 17.8 Å². The number of hydrogen-bond acceptors (Lipinski definition) is 4. The van der Waals surface area contributed by atoms with E-state index in [0.717, 1.165) is 0 Å². The molecule has 0 aliphatic heterocycles. The van der Waals surface area contributed by atoms with Crippen molar-refractivity contribution in [1.29, 1.82) is 0 Å². The van der Waals surface area contributed by atoms with Crippen LogP contribution in [-0.4, -0.2) is 17.6 Å². The SMILES string of the molecule is NCc1cnc(C=O)c(OC(F)(F)F)c1I. The van der Waals surface area contributed by atoms with Crippen molar-refractivity contribution < 1.29 is 22.7 Å². The van der Waals surface area contributed by atoms with E-state index >= 15 is 0 Å². The summed E-state index contributed by atoms with van der Waals surface area (Å²) in [5.41, 5.74) is 5.28. The van der Waals surface area contributed by atoms with Gasteiger partial charge in [-0.1, -0.05) is 0 Å². The summed E-state index contributed by atoms with van der Waals surface area (Å²) >= 11 is 1.63. The van der Waals surface area contributed by atoms with Crippen molar-refractivity contribution in [2.45, 2.75) is 12.9 Å². The van der Waals surface area contributed by atoms with Crippen LogP contribution in [-0.2, 0) is 6.54 Å². The lowest BCUT2D eigenvalue weighted by Crippen LogP contribution is -2.20. The van der Waals surface area contributed by atoms with Gasteiger partial charge in [-0.05, 0) is 22.6 Å². The molecule has 16 heavy (non-hydrogen) atoms. The van der Waals surface area contributed by atoms with Crippen molar-refractivity contribution in [1.82, 2.24) is 4.98 Å². The van der Waals surface area contributed by atoms with Crippen LogP contribution >= 0.6 is 22.6 Å². The minimum absolute atomic E-state index is 0.0125. The van der Waals surface area contributed by atoms with Crippen molar-refractivity contribution in [2.24, 2.45) is 5.73 Å². The molecular formula is C8H6F3IN2O2. The number of nitrogens with zero attached hydrogens (tertiary/aromatic N) is 1. The van der Waals surface area contributed by atoms with Crippen LogP contribution in [0, 0.1) is 3.57 Å². The van der Waals surface area contributed by atoms with E-state index in [9.17, 15) is 18.0 Å². The molecule has 0 aliphatic carbocycles. The Kier molecular flexibility index (Phi) is 4.08. The van der Waals surface area contributed by atoms with Gasteiger partial charge in [0, 0.05) is 18.3 Å². The number of carbonyl (C=O) groups excluding carboxylic acids is 1. The fraction of sp³-hybridized carbons (Fsp3) is 0.250. The highest BCUT2D eigenvalue weighted by molar-refractivity contribution is 14.1. The molecule has 4 nitrogen and oxygen atoms in total. The number of aldehydes is 1. The van der Waals surface area contributed by atoms with Gasteiger partial charge in [0.2, 0.25) is 0 Å². The summed E-state index contributed by atoms with van der Waals surface area (Å²) in [7, 11) is 0. The monoisotopic (exact) mass is 346 g/mol. The quantitative estimate of drug-likeness (QED) is 0.670. The zero-order chi connectivity index (χ0) is 12.3. The number of rotatable bonds is 3. The van der Waals surface area contributed by atoms with Crippen molar-refractivity contribution in [3.63, 3.8) is 0 Å². The summed E-state index contributed by atoms with van der Waals surface area (Å²) in [5.74, 6) is -0.606. The Hall–Kier alpha value is -0.900. The van der Waals surface area contributed by atoms with E-state index in [0.29, 0.717) is 5.56 Å². The number of ether oxygens (including phenoxy) is 1. The Morgan fingerprint density at radius 3 is 2.62 bits per heavy atom. The normalized spacial score (nSPS) is 11.3. The minimum Gasteiger partial charge on any atom is -0.402 e. The van der Waals surface area contributed by atoms with Gasteiger partial charge in [-0.2, -0.15) is 0 Å². The summed E-state index contributed by atoms with van der Waals surface area (Å²) < 4.78 is 40.1. The highest BCUT2D eigenvalue weighted by Crippen LogP contribution is 2.31. The van der Waals surface area contributed by atoms with Crippen LogP contribution < -0.4 is 10.5 Å². The zero-order valence-corrected chi connectivity index (χ0v) is 9.87. The maximum absolute atomic E-state index is 12.1. The molecular weight excluding hydrogens is 340 g/mol. The molecule has 88 valence electrons. The third kappa shape index (κ3) is 3.04. The van der Waals surface area contributed by atoms with E-state index in [2.05, 4.69) is 9.72 Å². The van der Waals surface area contributed by atoms with E-state index in [-0.39, 0.29) is 16.4 Å². The van der Waals surface area contributed by atoms with E-state index in [1.807, 2.05) is 0 Å². The summed E-state index contributed by atoms with van der Waals surface area (Å²) in [6.45, 7) is 0.0125. The lowest BCUT2D eigenvalue weighted by Gasteiger charge is -2.13. The van der Waals surface area contributed by atoms with Crippen LogP contribution in [0.1, 0.15) is 16.1 Å². The van der Waals surface area contributed by atoms with E-state index in [1.54, 1.807) is 22.6 Å². The van der Waals surface area contributed by atoms with Crippen LogP contribution in [0.5, 0.6) is 5.75 Å². The second-order valence-corrected chi connectivity index (χ2v) is 3.76. The first-order valence-electron chi connectivity index (χ1n) is 3.97. The number of nitrogens with two attached hydrogens (primary N) is 1. The Balaban J connectivity index is 3.26. The number of halogens is 4. The Labute approximate surface area is 102 Å². The van der Waals surface area contributed by atoms with Gasteiger partial charge in [-0.3, -0.25) is 4.79 Å². The Bertz CT molecular complexity index is 409. The molecule has 0 amide bonds. The molecule has 0 aromatic carbocycles. The molecule has 2 N–H and O–H groups in total. The highest BCUT2D eigenvalue weighted by atomic mass is 127. The maximum Gasteiger partial charge on any atom is 0.573 e. The molecule has 0 atom stereocenters. The second-order valence-electron chi connectivity index (χ2n) is 2.68. The summed E-state index contributed by atoms with van der Waals surface area (Å²) in [6.07, 6.45) is -3.43. The number of hydrogen-bond donors (Lipinski definition) is 1. The molecule has 0 bridgehead atoms. The molecule has 8 heteroatoms. The predicted molar refractivity (Wildman–Crippen MR) is 56.9 cm³/mol. The third-order valence-electron chi connectivity index (χ3n) is 1.62. The first kappa shape index (κ1) is 13.2. The number of pyridine rings is 1. The molecule has 0 saturated heterocycles. The molecule has 1 rings (SSSR count). The van der Waals surface area contributed by atoms with Crippen molar-refractivity contribution in [3.05, 3.63) is 21.0 Å². The second kappa shape index (κ2) is 4.95. The lowest BCUT2D eigenvalue weighted by atomic mass is 10.2.